The van der Waals surface area contributed by atoms with Crippen LogP contribution >= 0.6 is 0 Å². The van der Waals surface area contributed by atoms with E-state index in [4.69, 9.17) is 10.5 Å². The molecule has 6 rings (SSSR count). The number of ether oxygens (including phenoxy) is 1. The Labute approximate surface area is 254 Å². The van der Waals surface area contributed by atoms with Gasteiger partial charge < -0.3 is 10.5 Å². The van der Waals surface area contributed by atoms with Gasteiger partial charge in [0.25, 0.3) is 0 Å². The lowest BCUT2D eigenvalue weighted by atomic mass is 9.52. The molecule has 3 aliphatic carbocycles. The summed E-state index contributed by atoms with van der Waals surface area (Å²) >= 11 is 0. The van der Waals surface area contributed by atoms with Gasteiger partial charge in [0.1, 0.15) is 12.5 Å². The van der Waals surface area contributed by atoms with Crippen molar-refractivity contribution < 1.29 is 13.2 Å². The van der Waals surface area contributed by atoms with E-state index in [0.717, 1.165) is 57.9 Å². The van der Waals surface area contributed by atoms with Crippen molar-refractivity contribution in [1.29, 1.82) is 0 Å². The number of hydrogen-bond donors (Lipinski definition) is 4. The second-order valence-electron chi connectivity index (χ2n) is 15.8. The highest BCUT2D eigenvalue weighted by atomic mass is 32.2. The predicted molar refractivity (Wildman–Crippen MR) is 168 cm³/mol. The van der Waals surface area contributed by atoms with E-state index in [1.54, 1.807) is 0 Å². The summed E-state index contributed by atoms with van der Waals surface area (Å²) in [6.07, 6.45) is 9.25. The Kier molecular flexibility index (Phi) is 8.61. The molecule has 42 heavy (non-hydrogen) atoms. The first-order chi connectivity index (χ1) is 19.8. The molecule has 9 heteroatoms. The van der Waals surface area contributed by atoms with Crippen molar-refractivity contribution in [2.45, 2.75) is 141 Å². The number of fused-ring (bicyclic) bond motifs is 4. The van der Waals surface area contributed by atoms with Crippen molar-refractivity contribution in [3.8, 4) is 0 Å². The van der Waals surface area contributed by atoms with Crippen molar-refractivity contribution in [2.75, 3.05) is 13.2 Å². The van der Waals surface area contributed by atoms with Gasteiger partial charge in [0.2, 0.25) is 10.0 Å². The molecule has 0 amide bonds. The molecule has 8 nitrogen and oxygen atoms in total. The fraction of sp³-hybridized carbons (Fsp3) is 0.818. The van der Waals surface area contributed by atoms with Crippen LogP contribution in [0.5, 0.6) is 0 Å². The van der Waals surface area contributed by atoms with Crippen molar-refractivity contribution in [2.24, 2.45) is 22.5 Å². The van der Waals surface area contributed by atoms with Crippen LogP contribution < -0.4 is 21.1 Å². The molecule has 2 saturated heterocycles. The van der Waals surface area contributed by atoms with Crippen LogP contribution in [0, 0.1) is 30.6 Å². The fourth-order valence-electron chi connectivity index (χ4n) is 9.16. The summed E-state index contributed by atoms with van der Waals surface area (Å²) in [6.45, 7) is 12.9. The van der Waals surface area contributed by atoms with Crippen LogP contribution in [0.15, 0.2) is 18.2 Å². The number of nitrogens with zero attached hydrogens (tertiary/aromatic N) is 1. The highest BCUT2D eigenvalue weighted by Gasteiger charge is 2.54. The molecule has 2 heterocycles. The van der Waals surface area contributed by atoms with Gasteiger partial charge in [-0.2, -0.15) is 4.72 Å². The van der Waals surface area contributed by atoms with E-state index >= 15 is 0 Å². The van der Waals surface area contributed by atoms with Gasteiger partial charge in [-0.05, 0) is 98.7 Å². The zero-order chi connectivity index (χ0) is 29.9. The molecule has 1 aromatic rings. The van der Waals surface area contributed by atoms with Crippen LogP contribution in [0.25, 0.3) is 0 Å². The van der Waals surface area contributed by atoms with E-state index < -0.39 is 16.3 Å². The number of aryl methyl sites for hydroxylation is 2. The zero-order valence-corrected chi connectivity index (χ0v) is 27.3. The maximum absolute atomic E-state index is 13.8. The summed E-state index contributed by atoms with van der Waals surface area (Å²) < 4.78 is 37.5. The van der Waals surface area contributed by atoms with Gasteiger partial charge in [0.15, 0.2) is 0 Å². The lowest BCUT2D eigenvalue weighted by molar-refractivity contribution is -0.110. The summed E-state index contributed by atoms with van der Waals surface area (Å²) in [5, 5.41) is 6.73. The Hall–Kier alpha value is -1.07. The third-order valence-electron chi connectivity index (χ3n) is 11.0. The number of nitrogens with one attached hydrogen (secondary N) is 3. The number of sulfonamides is 1. The number of nitrogens with two attached hydrogens (primary N) is 1. The first kappa shape index (κ1) is 30.9. The molecular formula is C33H55N5O3S. The quantitative estimate of drug-likeness (QED) is 0.406. The average molecular weight is 602 g/mol. The molecule has 0 radical (unpaired) electrons. The lowest BCUT2D eigenvalue weighted by Gasteiger charge is -2.61. The van der Waals surface area contributed by atoms with Crippen LogP contribution in [0.4, 0.5) is 0 Å². The van der Waals surface area contributed by atoms with Crippen molar-refractivity contribution in [1.82, 2.24) is 20.3 Å². The lowest BCUT2D eigenvalue weighted by Crippen LogP contribution is -2.64. The van der Waals surface area contributed by atoms with Gasteiger partial charge in [-0.1, -0.05) is 45.4 Å². The maximum Gasteiger partial charge on any atom is 0.216 e. The standard InChI is InChI=1S/C33H55N5O3S/c1-21-8-6-9-22(2)30(21)28-13-29-36-31(35-28)37-42(39,40)27-11-7-10-23(12-27)19-38(26(20-41-29)16-32(3,4)5)25-17-33(18-25)14-24(34)15-33/h6,8-9,23-29,31,35-37H,7,10-20,34H2,1-5H3/t23?,24?,25?,26-,27?,28?,29?,31?,33?/m1/s1. The van der Waals surface area contributed by atoms with E-state index in [1.165, 1.54) is 29.5 Å². The Morgan fingerprint density at radius 2 is 1.76 bits per heavy atom. The minimum absolute atomic E-state index is 0.0131. The zero-order valence-electron chi connectivity index (χ0n) is 26.5. The van der Waals surface area contributed by atoms with Gasteiger partial charge in [0, 0.05) is 37.1 Å². The van der Waals surface area contributed by atoms with E-state index in [2.05, 4.69) is 73.1 Å². The Bertz CT molecular complexity index is 1200. The maximum atomic E-state index is 13.8. The van der Waals surface area contributed by atoms with E-state index in [0.29, 0.717) is 36.1 Å². The first-order valence-electron chi connectivity index (χ1n) is 16.5. The van der Waals surface area contributed by atoms with Crippen molar-refractivity contribution in [3.05, 3.63) is 34.9 Å². The summed E-state index contributed by atoms with van der Waals surface area (Å²) in [6, 6.07) is 7.56. The normalized spacial score (nSPS) is 41.1. The molecule has 236 valence electrons. The molecule has 5 fully saturated rings. The van der Waals surface area contributed by atoms with Crippen molar-refractivity contribution in [3.63, 3.8) is 0 Å². The molecule has 3 saturated carbocycles. The Balaban J connectivity index is 1.31. The minimum atomic E-state index is -3.53. The first-order valence-corrected chi connectivity index (χ1v) is 18.1. The highest BCUT2D eigenvalue weighted by molar-refractivity contribution is 7.90. The topological polar surface area (TPSA) is 109 Å². The Morgan fingerprint density at radius 1 is 1.05 bits per heavy atom. The van der Waals surface area contributed by atoms with Crippen LogP contribution in [-0.4, -0.2) is 62.4 Å². The molecule has 5 unspecified atom stereocenters. The minimum Gasteiger partial charge on any atom is -0.362 e. The van der Waals surface area contributed by atoms with Gasteiger partial charge in [0.05, 0.1) is 11.9 Å². The van der Waals surface area contributed by atoms with E-state index in [9.17, 15) is 8.42 Å². The van der Waals surface area contributed by atoms with Crippen molar-refractivity contribution >= 4 is 10.0 Å². The third kappa shape index (κ3) is 6.63. The van der Waals surface area contributed by atoms with Crippen LogP contribution in [0.2, 0.25) is 0 Å². The largest absolute Gasteiger partial charge is 0.362 e. The molecule has 1 aromatic carbocycles. The number of hydrogen-bond acceptors (Lipinski definition) is 7. The van der Waals surface area contributed by atoms with Gasteiger partial charge in [-0.15, -0.1) is 0 Å². The van der Waals surface area contributed by atoms with Crippen LogP contribution in [-0.2, 0) is 14.8 Å². The molecule has 0 aromatic heterocycles. The molecular weight excluding hydrogens is 546 g/mol. The fourth-order valence-corrected chi connectivity index (χ4v) is 10.8. The van der Waals surface area contributed by atoms with Gasteiger partial charge >= 0.3 is 0 Å². The van der Waals surface area contributed by atoms with Gasteiger partial charge in [-0.25, -0.2) is 8.42 Å². The second-order valence-corrected chi connectivity index (χ2v) is 17.8. The molecule has 4 bridgehead atoms. The summed E-state index contributed by atoms with van der Waals surface area (Å²) in [7, 11) is -3.53. The third-order valence-corrected chi connectivity index (χ3v) is 12.9. The average Bonchev–Trinajstić information content (AvgIpc) is 2.85. The molecule has 5 N–H and O–H groups in total. The highest BCUT2D eigenvalue weighted by Crippen LogP contribution is 2.57. The summed E-state index contributed by atoms with van der Waals surface area (Å²) in [4.78, 5) is 2.77. The van der Waals surface area contributed by atoms with E-state index in [-0.39, 0.29) is 22.9 Å². The number of rotatable bonds is 3. The molecule has 1 spiro atoms. The number of benzene rings is 1. The summed E-state index contributed by atoms with van der Waals surface area (Å²) in [5.41, 5.74) is 10.5. The molecule has 6 atom stereocenters. The molecule has 5 aliphatic rings. The molecule has 2 aliphatic heterocycles. The Morgan fingerprint density at radius 3 is 2.43 bits per heavy atom. The van der Waals surface area contributed by atoms with Crippen LogP contribution in [0.1, 0.15) is 108 Å². The smallest absolute Gasteiger partial charge is 0.216 e. The van der Waals surface area contributed by atoms with Gasteiger partial charge in [-0.3, -0.25) is 15.5 Å². The monoisotopic (exact) mass is 601 g/mol. The van der Waals surface area contributed by atoms with Crippen LogP contribution in [0.3, 0.4) is 0 Å². The summed E-state index contributed by atoms with van der Waals surface area (Å²) in [5.74, 6) is 0.381. The SMILES string of the molecule is Cc1cccc(C)c1C1CC2NC(N1)NS(=O)(=O)C1CCCC(C1)CN(C1CC3(CC(N)C3)C1)[C@H](CC(C)(C)C)CO2. The van der Waals surface area contributed by atoms with E-state index in [1.807, 2.05) is 0 Å². The second kappa shape index (κ2) is 11.7. The predicted octanol–water partition coefficient (Wildman–Crippen LogP) is 4.42.